The molecule has 2 aromatic heterocycles. The molecule has 2 aliphatic heterocycles. The number of aliphatic hydroxyl groups excluding tert-OH is 3. The predicted octanol–water partition coefficient (Wildman–Crippen LogP) is 2.37. The summed E-state index contributed by atoms with van der Waals surface area (Å²) in [6.07, 6.45) is -2.02. The van der Waals surface area contributed by atoms with Crippen LogP contribution in [0.3, 0.4) is 0 Å². The molecule has 42 heavy (non-hydrogen) atoms. The molecule has 0 unspecified atom stereocenters. The van der Waals surface area contributed by atoms with Gasteiger partial charge in [-0.3, -0.25) is 4.79 Å². The van der Waals surface area contributed by atoms with E-state index in [9.17, 15) is 33.3 Å². The van der Waals surface area contributed by atoms with E-state index in [1.54, 1.807) is 6.07 Å². The Morgan fingerprint density at radius 2 is 1.69 bits per heavy atom. The van der Waals surface area contributed by atoms with Gasteiger partial charge in [0.05, 0.1) is 24.6 Å². The third-order valence-electron chi connectivity index (χ3n) is 7.90. The number of ether oxygens (including phenoxy) is 1. The molecule has 11 nitrogen and oxygen atoms in total. The standard InChI is InChI=1S/C28H34F3N5O6/c1-28(2,3)27(40)35-6-4-14(5-7-35)20-10-16(33-42-20)11-21-25(38)24(26(39)22(13-37)41-21)36-12-19(32-34-36)15-8-17(29)23(31)18(30)9-15/h8-10,12,14,21-22,24-26,37-39H,4-7,11,13H2,1-3H3/t21-,22-,24-,25+,26+/m1/s1. The average Bonchev–Trinajstić information content (AvgIpc) is 3.63. The Kier molecular flexibility index (Phi) is 8.43. The topological polar surface area (TPSA) is 147 Å². The van der Waals surface area contributed by atoms with Crippen molar-refractivity contribution < 1.29 is 42.5 Å². The van der Waals surface area contributed by atoms with E-state index in [0.29, 0.717) is 24.5 Å². The molecule has 4 heterocycles. The lowest BCUT2D eigenvalue weighted by molar-refractivity contribution is -0.205. The number of carbonyl (C=O) groups excluding carboxylic acids is 1. The van der Waals surface area contributed by atoms with Crippen LogP contribution in [0.5, 0.6) is 0 Å². The quantitative estimate of drug-likeness (QED) is 0.367. The Labute approximate surface area is 239 Å². The lowest BCUT2D eigenvalue weighted by atomic mass is 9.89. The van der Waals surface area contributed by atoms with Gasteiger partial charge in [-0.25, -0.2) is 17.9 Å². The van der Waals surface area contributed by atoms with E-state index in [1.807, 2.05) is 25.7 Å². The molecule has 0 bridgehead atoms. The van der Waals surface area contributed by atoms with Crippen LogP contribution in [0.4, 0.5) is 13.2 Å². The van der Waals surface area contributed by atoms with Crippen molar-refractivity contribution in [2.24, 2.45) is 5.41 Å². The maximum absolute atomic E-state index is 13.8. The number of aliphatic hydroxyl groups is 3. The van der Waals surface area contributed by atoms with Crippen LogP contribution in [-0.2, 0) is 16.0 Å². The van der Waals surface area contributed by atoms with Crippen molar-refractivity contribution in [2.75, 3.05) is 19.7 Å². The first-order chi connectivity index (χ1) is 19.9. The van der Waals surface area contributed by atoms with Gasteiger partial charge in [0.15, 0.2) is 17.5 Å². The molecule has 2 fully saturated rings. The summed E-state index contributed by atoms with van der Waals surface area (Å²) in [7, 11) is 0. The van der Waals surface area contributed by atoms with E-state index in [1.165, 1.54) is 6.20 Å². The number of piperidine rings is 1. The number of hydrogen-bond donors (Lipinski definition) is 3. The third kappa shape index (κ3) is 5.93. The van der Waals surface area contributed by atoms with Gasteiger partial charge in [-0.1, -0.05) is 31.1 Å². The molecule has 5 rings (SSSR count). The van der Waals surface area contributed by atoms with Crippen molar-refractivity contribution in [2.45, 2.75) is 76.4 Å². The summed E-state index contributed by atoms with van der Waals surface area (Å²) in [5.41, 5.74) is -0.0688. The number of benzene rings is 1. The molecule has 0 radical (unpaired) electrons. The first-order valence-corrected chi connectivity index (χ1v) is 13.8. The van der Waals surface area contributed by atoms with Crippen LogP contribution < -0.4 is 0 Å². The minimum Gasteiger partial charge on any atom is -0.394 e. The average molecular weight is 594 g/mol. The second-order valence-electron chi connectivity index (χ2n) is 11.9. The van der Waals surface area contributed by atoms with E-state index in [4.69, 9.17) is 9.26 Å². The van der Waals surface area contributed by atoms with Crippen molar-refractivity contribution in [3.63, 3.8) is 0 Å². The molecule has 228 valence electrons. The minimum atomic E-state index is -1.62. The number of halogens is 3. The van der Waals surface area contributed by atoms with E-state index >= 15 is 0 Å². The van der Waals surface area contributed by atoms with Gasteiger partial charge in [0.25, 0.3) is 0 Å². The van der Waals surface area contributed by atoms with E-state index in [2.05, 4.69) is 15.5 Å². The number of aromatic nitrogens is 4. The summed E-state index contributed by atoms with van der Waals surface area (Å²) >= 11 is 0. The van der Waals surface area contributed by atoms with Crippen molar-refractivity contribution in [1.29, 1.82) is 0 Å². The van der Waals surface area contributed by atoms with E-state index < -0.39 is 59.9 Å². The molecule has 14 heteroatoms. The largest absolute Gasteiger partial charge is 0.394 e. The Morgan fingerprint density at radius 1 is 1.05 bits per heavy atom. The molecule has 2 saturated heterocycles. The summed E-state index contributed by atoms with van der Waals surface area (Å²) < 4.78 is 53.4. The molecule has 0 saturated carbocycles. The van der Waals surface area contributed by atoms with E-state index in [0.717, 1.165) is 29.7 Å². The highest BCUT2D eigenvalue weighted by Crippen LogP contribution is 2.34. The molecule has 2 aliphatic rings. The second kappa shape index (κ2) is 11.7. The zero-order valence-electron chi connectivity index (χ0n) is 23.5. The minimum absolute atomic E-state index is 0.0211. The van der Waals surface area contributed by atoms with Crippen molar-refractivity contribution in [1.82, 2.24) is 25.1 Å². The lowest BCUT2D eigenvalue weighted by Crippen LogP contribution is -2.56. The zero-order valence-corrected chi connectivity index (χ0v) is 23.5. The van der Waals surface area contributed by atoms with Crippen LogP contribution in [-0.4, -0.2) is 90.4 Å². The summed E-state index contributed by atoms with van der Waals surface area (Å²) in [6.45, 7) is 6.34. The van der Waals surface area contributed by atoms with Crippen LogP contribution in [0.2, 0.25) is 0 Å². The Bertz CT molecular complexity index is 1390. The molecule has 5 atom stereocenters. The number of carbonyl (C=O) groups is 1. The van der Waals surface area contributed by atoms with Crippen molar-refractivity contribution in [3.05, 3.63) is 53.3 Å². The van der Waals surface area contributed by atoms with Crippen LogP contribution in [0, 0.1) is 22.9 Å². The van der Waals surface area contributed by atoms with Gasteiger partial charge in [0, 0.05) is 42.5 Å². The Morgan fingerprint density at radius 3 is 2.31 bits per heavy atom. The van der Waals surface area contributed by atoms with Gasteiger partial charge < -0.3 is 29.5 Å². The number of likely N-dealkylation sites (tertiary alicyclic amines) is 1. The van der Waals surface area contributed by atoms with Gasteiger partial charge in [-0.2, -0.15) is 0 Å². The highest BCUT2D eigenvalue weighted by molar-refractivity contribution is 5.81. The molecular weight excluding hydrogens is 559 g/mol. The number of rotatable bonds is 6. The van der Waals surface area contributed by atoms with Gasteiger partial charge in [-0.05, 0) is 25.0 Å². The molecule has 1 aromatic carbocycles. The van der Waals surface area contributed by atoms with Crippen molar-refractivity contribution >= 4 is 5.91 Å². The van der Waals surface area contributed by atoms with Crippen LogP contribution in [0.15, 0.2) is 28.9 Å². The highest BCUT2D eigenvalue weighted by atomic mass is 19.2. The maximum Gasteiger partial charge on any atom is 0.227 e. The second-order valence-corrected chi connectivity index (χ2v) is 11.9. The maximum atomic E-state index is 13.8. The van der Waals surface area contributed by atoms with E-state index in [-0.39, 0.29) is 29.5 Å². The molecule has 0 spiro atoms. The first kappa shape index (κ1) is 30.1. The summed E-state index contributed by atoms with van der Waals surface area (Å²) in [4.78, 5) is 14.5. The smallest absolute Gasteiger partial charge is 0.227 e. The van der Waals surface area contributed by atoms with Gasteiger partial charge in [-0.15, -0.1) is 5.10 Å². The number of nitrogens with zero attached hydrogens (tertiary/aromatic N) is 5. The fourth-order valence-corrected chi connectivity index (χ4v) is 5.58. The summed E-state index contributed by atoms with van der Waals surface area (Å²) in [5, 5.41) is 43.9. The van der Waals surface area contributed by atoms with Gasteiger partial charge >= 0.3 is 0 Å². The SMILES string of the molecule is CC(C)(C)C(=O)N1CCC(c2cc(C[C@H]3O[C@H](CO)[C@H](O)[C@H](n4cc(-c5cc(F)c(F)c(F)c5)nn4)[C@H]3O)no2)CC1. The van der Waals surface area contributed by atoms with Crippen LogP contribution >= 0.6 is 0 Å². The number of amides is 1. The zero-order chi connectivity index (χ0) is 30.3. The molecule has 1 amide bonds. The lowest BCUT2D eigenvalue weighted by Gasteiger charge is -2.42. The molecule has 3 N–H and O–H groups in total. The molecular formula is C28H34F3N5O6. The predicted molar refractivity (Wildman–Crippen MR) is 140 cm³/mol. The Balaban J connectivity index is 1.29. The fourth-order valence-electron chi connectivity index (χ4n) is 5.58. The molecule has 3 aromatic rings. The van der Waals surface area contributed by atoms with Crippen LogP contribution in [0.1, 0.15) is 57.0 Å². The molecule has 0 aliphatic carbocycles. The fraction of sp³-hybridized carbons (Fsp3) is 0.571. The summed E-state index contributed by atoms with van der Waals surface area (Å²) in [5.74, 6) is -3.58. The number of hydrogen-bond acceptors (Lipinski definition) is 9. The summed E-state index contributed by atoms with van der Waals surface area (Å²) in [6, 6.07) is 2.16. The normalized spacial score (nSPS) is 25.6. The van der Waals surface area contributed by atoms with Crippen molar-refractivity contribution in [3.8, 4) is 11.3 Å². The first-order valence-electron chi connectivity index (χ1n) is 13.8. The van der Waals surface area contributed by atoms with Gasteiger partial charge in [0.1, 0.15) is 35.8 Å². The Hall–Kier alpha value is -3.33. The third-order valence-corrected chi connectivity index (χ3v) is 7.90. The van der Waals surface area contributed by atoms with Gasteiger partial charge in [0.2, 0.25) is 5.91 Å². The van der Waals surface area contributed by atoms with Crippen LogP contribution in [0.25, 0.3) is 11.3 Å². The highest BCUT2D eigenvalue weighted by Gasteiger charge is 2.46. The monoisotopic (exact) mass is 593 g/mol.